The Morgan fingerprint density at radius 2 is 2.24 bits per heavy atom. The first-order valence-electron chi connectivity index (χ1n) is 6.90. The van der Waals surface area contributed by atoms with Gasteiger partial charge in [0.25, 0.3) is 0 Å². The second-order valence-electron chi connectivity index (χ2n) is 4.65. The van der Waals surface area contributed by atoms with Crippen LogP contribution in [0.4, 0.5) is 0 Å². The number of nitrogens with one attached hydrogen (secondary N) is 1. The smallest absolute Gasteiger partial charge is 0.0700 e. The molecule has 0 aromatic carbocycles. The number of hydrogen-bond acceptors (Lipinski definition) is 4. The Morgan fingerprint density at radius 3 is 3.00 bits per heavy atom. The Hall–Kier alpha value is -0.160. The van der Waals surface area contributed by atoms with Gasteiger partial charge in [-0.3, -0.25) is 4.90 Å². The van der Waals surface area contributed by atoms with Crippen molar-refractivity contribution in [3.8, 4) is 0 Å². The highest BCUT2D eigenvalue weighted by atomic mass is 16.5. The minimum absolute atomic E-state index is 0.462. The monoisotopic (exact) mass is 244 g/mol. The summed E-state index contributed by atoms with van der Waals surface area (Å²) in [5.74, 6) is 0. The molecule has 1 aliphatic rings. The Bertz CT molecular complexity index is 179. The second kappa shape index (κ2) is 9.83. The fourth-order valence-corrected chi connectivity index (χ4v) is 2.12. The predicted molar refractivity (Wildman–Crippen MR) is 70.5 cm³/mol. The van der Waals surface area contributed by atoms with Crippen LogP contribution in [0.2, 0.25) is 0 Å². The van der Waals surface area contributed by atoms with Gasteiger partial charge in [-0.15, -0.1) is 0 Å². The lowest BCUT2D eigenvalue weighted by Crippen LogP contribution is -2.42. The van der Waals surface area contributed by atoms with Gasteiger partial charge < -0.3 is 14.8 Å². The highest BCUT2D eigenvalue weighted by Crippen LogP contribution is 2.08. The first kappa shape index (κ1) is 14.9. The van der Waals surface area contributed by atoms with Crippen molar-refractivity contribution < 1.29 is 9.47 Å². The number of methoxy groups -OCH3 is 1. The summed E-state index contributed by atoms with van der Waals surface area (Å²) in [6, 6.07) is 0. The van der Waals surface area contributed by atoms with Crippen LogP contribution in [0.5, 0.6) is 0 Å². The molecule has 0 aromatic rings. The van der Waals surface area contributed by atoms with E-state index in [1.54, 1.807) is 7.11 Å². The highest BCUT2D eigenvalue weighted by molar-refractivity contribution is 4.70. The Labute approximate surface area is 106 Å². The van der Waals surface area contributed by atoms with Gasteiger partial charge in [0, 0.05) is 26.7 Å². The third-order valence-electron chi connectivity index (χ3n) is 3.24. The average Bonchev–Trinajstić information content (AvgIpc) is 2.38. The number of rotatable bonds is 9. The normalized spacial score (nSPS) is 21.9. The molecule has 1 unspecified atom stereocenters. The van der Waals surface area contributed by atoms with Crippen LogP contribution in [0.25, 0.3) is 0 Å². The maximum Gasteiger partial charge on any atom is 0.0700 e. The third-order valence-corrected chi connectivity index (χ3v) is 3.24. The number of ether oxygens (including phenoxy) is 2. The molecular weight excluding hydrogens is 216 g/mol. The zero-order valence-electron chi connectivity index (χ0n) is 11.4. The third kappa shape index (κ3) is 6.99. The van der Waals surface area contributed by atoms with Crippen LogP contribution in [-0.4, -0.2) is 64.1 Å². The van der Waals surface area contributed by atoms with E-state index in [-0.39, 0.29) is 0 Å². The van der Waals surface area contributed by atoms with Gasteiger partial charge in [0.1, 0.15) is 0 Å². The van der Waals surface area contributed by atoms with E-state index < -0.39 is 0 Å². The minimum atomic E-state index is 0.462. The van der Waals surface area contributed by atoms with E-state index in [9.17, 15) is 0 Å². The fraction of sp³-hybridized carbons (Fsp3) is 1.00. The van der Waals surface area contributed by atoms with Crippen molar-refractivity contribution >= 4 is 0 Å². The van der Waals surface area contributed by atoms with Crippen molar-refractivity contribution in [3.05, 3.63) is 0 Å². The van der Waals surface area contributed by atoms with E-state index in [0.29, 0.717) is 6.10 Å². The standard InChI is InChI=1S/C13H28N2O2/c1-3-13-12-15(9-11-17-13)8-5-4-6-14-7-10-16-2/h13-14H,3-12H2,1-2H3. The summed E-state index contributed by atoms with van der Waals surface area (Å²) in [5.41, 5.74) is 0. The van der Waals surface area contributed by atoms with E-state index in [1.807, 2.05) is 0 Å². The maximum atomic E-state index is 5.66. The minimum Gasteiger partial charge on any atom is -0.383 e. The Kier molecular flexibility index (Phi) is 8.61. The van der Waals surface area contributed by atoms with E-state index in [4.69, 9.17) is 9.47 Å². The molecule has 0 aromatic heterocycles. The van der Waals surface area contributed by atoms with Gasteiger partial charge in [-0.2, -0.15) is 0 Å². The van der Waals surface area contributed by atoms with E-state index >= 15 is 0 Å². The van der Waals surface area contributed by atoms with Crippen molar-refractivity contribution in [2.45, 2.75) is 32.3 Å². The zero-order chi connectivity index (χ0) is 12.3. The van der Waals surface area contributed by atoms with Crippen molar-refractivity contribution in [3.63, 3.8) is 0 Å². The van der Waals surface area contributed by atoms with Crippen molar-refractivity contribution in [1.29, 1.82) is 0 Å². The number of morpholine rings is 1. The molecule has 4 nitrogen and oxygen atoms in total. The molecule has 1 fully saturated rings. The molecule has 0 spiro atoms. The molecule has 1 heterocycles. The number of unbranched alkanes of at least 4 members (excludes halogenated alkanes) is 1. The lowest BCUT2D eigenvalue weighted by Gasteiger charge is -2.32. The first-order valence-corrected chi connectivity index (χ1v) is 6.90. The molecule has 0 saturated carbocycles. The van der Waals surface area contributed by atoms with Gasteiger partial charge in [-0.25, -0.2) is 0 Å². The summed E-state index contributed by atoms with van der Waals surface area (Å²) in [5, 5.41) is 3.38. The van der Waals surface area contributed by atoms with E-state index in [1.165, 1.54) is 19.4 Å². The lowest BCUT2D eigenvalue weighted by atomic mass is 10.2. The summed E-state index contributed by atoms with van der Waals surface area (Å²) in [6.45, 7) is 9.42. The molecular formula is C13H28N2O2. The van der Waals surface area contributed by atoms with Crippen LogP contribution in [0, 0.1) is 0 Å². The van der Waals surface area contributed by atoms with E-state index in [0.717, 1.165) is 45.8 Å². The molecule has 0 amide bonds. The quantitative estimate of drug-likeness (QED) is 0.616. The van der Waals surface area contributed by atoms with Gasteiger partial charge in [0.15, 0.2) is 0 Å². The van der Waals surface area contributed by atoms with Gasteiger partial charge in [-0.1, -0.05) is 6.92 Å². The molecule has 102 valence electrons. The predicted octanol–water partition coefficient (Wildman–Crippen LogP) is 1.11. The molecule has 0 bridgehead atoms. The summed E-state index contributed by atoms with van der Waals surface area (Å²) in [6.07, 6.45) is 4.12. The van der Waals surface area contributed by atoms with Crippen LogP contribution in [0.1, 0.15) is 26.2 Å². The van der Waals surface area contributed by atoms with Gasteiger partial charge >= 0.3 is 0 Å². The molecule has 1 aliphatic heterocycles. The van der Waals surface area contributed by atoms with Crippen LogP contribution in [0.15, 0.2) is 0 Å². The summed E-state index contributed by atoms with van der Waals surface area (Å²) < 4.78 is 10.6. The highest BCUT2D eigenvalue weighted by Gasteiger charge is 2.17. The maximum absolute atomic E-state index is 5.66. The summed E-state index contributed by atoms with van der Waals surface area (Å²) >= 11 is 0. The SMILES string of the molecule is CCC1CN(CCCCNCCOC)CCO1. The summed E-state index contributed by atoms with van der Waals surface area (Å²) in [7, 11) is 1.74. The Balaban J connectivity index is 1.91. The van der Waals surface area contributed by atoms with Crippen LogP contribution in [-0.2, 0) is 9.47 Å². The van der Waals surface area contributed by atoms with Gasteiger partial charge in [0.05, 0.1) is 19.3 Å². The average molecular weight is 244 g/mol. The molecule has 1 saturated heterocycles. The largest absolute Gasteiger partial charge is 0.383 e. The lowest BCUT2D eigenvalue weighted by molar-refractivity contribution is -0.0299. The molecule has 1 atom stereocenters. The van der Waals surface area contributed by atoms with Gasteiger partial charge in [-0.05, 0) is 32.4 Å². The molecule has 4 heteroatoms. The zero-order valence-corrected chi connectivity index (χ0v) is 11.4. The number of nitrogens with zero attached hydrogens (tertiary/aromatic N) is 1. The van der Waals surface area contributed by atoms with Crippen molar-refractivity contribution in [2.24, 2.45) is 0 Å². The molecule has 1 rings (SSSR count). The second-order valence-corrected chi connectivity index (χ2v) is 4.65. The van der Waals surface area contributed by atoms with Crippen LogP contribution < -0.4 is 5.32 Å². The summed E-state index contributed by atoms with van der Waals surface area (Å²) in [4.78, 5) is 2.53. The molecule has 17 heavy (non-hydrogen) atoms. The topological polar surface area (TPSA) is 33.7 Å². The number of hydrogen-bond donors (Lipinski definition) is 1. The molecule has 1 N–H and O–H groups in total. The van der Waals surface area contributed by atoms with Crippen molar-refractivity contribution in [1.82, 2.24) is 10.2 Å². The fourth-order valence-electron chi connectivity index (χ4n) is 2.12. The molecule has 0 radical (unpaired) electrons. The van der Waals surface area contributed by atoms with Crippen LogP contribution in [0.3, 0.4) is 0 Å². The van der Waals surface area contributed by atoms with Gasteiger partial charge in [0.2, 0.25) is 0 Å². The Morgan fingerprint density at radius 1 is 1.35 bits per heavy atom. The van der Waals surface area contributed by atoms with Crippen molar-refractivity contribution in [2.75, 3.05) is 53.0 Å². The molecule has 0 aliphatic carbocycles. The first-order chi connectivity index (χ1) is 8.36. The van der Waals surface area contributed by atoms with Crippen LogP contribution >= 0.6 is 0 Å². The van der Waals surface area contributed by atoms with E-state index in [2.05, 4.69) is 17.1 Å².